The Morgan fingerprint density at radius 1 is 0.971 bits per heavy atom. The van der Waals surface area contributed by atoms with Crippen molar-refractivity contribution >= 4 is 23.5 Å². The van der Waals surface area contributed by atoms with Gasteiger partial charge in [0, 0.05) is 11.9 Å². The number of aromatic nitrogens is 1. The van der Waals surface area contributed by atoms with Gasteiger partial charge in [-0.15, -0.1) is 0 Å². The zero-order valence-corrected chi connectivity index (χ0v) is 19.7. The molecule has 34 heavy (non-hydrogen) atoms. The van der Waals surface area contributed by atoms with Gasteiger partial charge in [0.05, 0.1) is 5.69 Å². The topological polar surface area (TPSA) is 79.4 Å². The number of amides is 4. The second-order valence-corrected chi connectivity index (χ2v) is 9.22. The molecule has 0 spiro atoms. The first-order valence-electron chi connectivity index (χ1n) is 11.6. The third-order valence-corrected chi connectivity index (χ3v) is 6.42. The molecular formula is C28H29N3O3. The molecule has 0 aliphatic carbocycles. The highest BCUT2D eigenvalue weighted by molar-refractivity contribution is 6.30. The number of carbonyl (C=O) groups is 3. The van der Waals surface area contributed by atoms with E-state index in [2.05, 4.69) is 24.1 Å². The fourth-order valence-electron chi connectivity index (χ4n) is 4.40. The average Bonchev–Trinajstić information content (AvgIpc) is 2.82. The highest BCUT2D eigenvalue weighted by Gasteiger charge is 2.54. The van der Waals surface area contributed by atoms with Gasteiger partial charge in [-0.25, -0.2) is 9.69 Å². The summed E-state index contributed by atoms with van der Waals surface area (Å²) in [6, 6.07) is 20.0. The minimum Gasteiger partial charge on any atom is -0.276 e. The molecule has 1 aliphatic heterocycles. The molecule has 0 radical (unpaired) electrons. The van der Waals surface area contributed by atoms with Crippen molar-refractivity contribution in [3.63, 3.8) is 0 Å². The van der Waals surface area contributed by atoms with Gasteiger partial charge >= 0.3 is 6.03 Å². The van der Waals surface area contributed by atoms with Crippen molar-refractivity contribution < 1.29 is 14.4 Å². The third kappa shape index (κ3) is 4.62. The monoisotopic (exact) mass is 455 g/mol. The fraction of sp³-hybridized carbons (Fsp3) is 0.286. The van der Waals surface area contributed by atoms with Gasteiger partial charge in [0.25, 0.3) is 5.91 Å². The molecule has 4 rings (SSSR count). The molecule has 2 aromatic carbocycles. The van der Waals surface area contributed by atoms with Crippen LogP contribution < -0.4 is 10.2 Å². The van der Waals surface area contributed by atoms with Crippen LogP contribution in [0.5, 0.6) is 0 Å². The lowest BCUT2D eigenvalue weighted by Crippen LogP contribution is -2.65. The summed E-state index contributed by atoms with van der Waals surface area (Å²) in [7, 11) is 0. The number of rotatable bonds is 7. The normalized spacial score (nSPS) is 18.4. The van der Waals surface area contributed by atoms with Crippen LogP contribution in [0.2, 0.25) is 0 Å². The number of urea groups is 1. The van der Waals surface area contributed by atoms with Gasteiger partial charge in [0.2, 0.25) is 5.91 Å². The highest BCUT2D eigenvalue weighted by Crippen LogP contribution is 2.37. The summed E-state index contributed by atoms with van der Waals surface area (Å²) in [5.41, 5.74) is 2.77. The molecule has 1 aliphatic rings. The molecule has 3 aromatic rings. The van der Waals surface area contributed by atoms with Gasteiger partial charge in [0.1, 0.15) is 5.41 Å². The van der Waals surface area contributed by atoms with Crippen LogP contribution in [-0.4, -0.2) is 22.8 Å². The van der Waals surface area contributed by atoms with Gasteiger partial charge in [-0.05, 0) is 73.1 Å². The standard InChI is InChI=1S/C28H29N3O3/c1-19(2)22-12-10-21(11-13-22)18-28(15-14-23-8-4-5-16-29-23)25(32)30-27(34)31(26(28)33)24-9-6-7-20(3)17-24/h4-13,16-17,19H,14-15,18H2,1-3H3,(H,30,32,34)/t28-/m0/s1. The number of nitrogens with one attached hydrogen (secondary N) is 1. The summed E-state index contributed by atoms with van der Waals surface area (Å²) >= 11 is 0. The Morgan fingerprint density at radius 2 is 1.74 bits per heavy atom. The number of barbiturate groups is 1. The Bertz CT molecular complexity index is 1210. The molecule has 174 valence electrons. The number of benzene rings is 2. The number of carbonyl (C=O) groups excluding carboxylic acids is 3. The summed E-state index contributed by atoms with van der Waals surface area (Å²) in [4.78, 5) is 45.7. The molecule has 4 amide bonds. The van der Waals surface area contributed by atoms with Crippen LogP contribution in [0.15, 0.2) is 72.9 Å². The molecule has 1 atom stereocenters. The largest absolute Gasteiger partial charge is 0.335 e. The number of nitrogens with zero attached hydrogens (tertiary/aromatic N) is 2. The van der Waals surface area contributed by atoms with Crippen molar-refractivity contribution in [1.82, 2.24) is 10.3 Å². The number of aryl methyl sites for hydroxylation is 2. The lowest BCUT2D eigenvalue weighted by molar-refractivity contribution is -0.143. The van der Waals surface area contributed by atoms with E-state index in [0.717, 1.165) is 21.7 Å². The van der Waals surface area contributed by atoms with Crippen molar-refractivity contribution in [2.24, 2.45) is 5.41 Å². The average molecular weight is 456 g/mol. The van der Waals surface area contributed by atoms with Crippen molar-refractivity contribution in [2.45, 2.75) is 46.0 Å². The highest BCUT2D eigenvalue weighted by atomic mass is 16.2. The smallest absolute Gasteiger partial charge is 0.276 e. The Kier molecular flexibility index (Phi) is 6.59. The number of hydrogen-bond acceptors (Lipinski definition) is 4. The van der Waals surface area contributed by atoms with E-state index in [9.17, 15) is 14.4 Å². The van der Waals surface area contributed by atoms with E-state index in [1.807, 2.05) is 55.5 Å². The van der Waals surface area contributed by atoms with Gasteiger partial charge in [-0.2, -0.15) is 0 Å². The molecule has 6 heteroatoms. The third-order valence-electron chi connectivity index (χ3n) is 6.42. The van der Waals surface area contributed by atoms with Crippen molar-refractivity contribution in [3.05, 3.63) is 95.3 Å². The maximum atomic E-state index is 14.0. The summed E-state index contributed by atoms with van der Waals surface area (Å²) in [6.07, 6.45) is 2.55. The Morgan fingerprint density at radius 3 is 2.38 bits per heavy atom. The molecule has 1 saturated heterocycles. The van der Waals surface area contributed by atoms with Crippen molar-refractivity contribution in [3.8, 4) is 0 Å². The zero-order chi connectivity index (χ0) is 24.3. The maximum absolute atomic E-state index is 14.0. The first kappa shape index (κ1) is 23.4. The first-order valence-corrected chi connectivity index (χ1v) is 11.6. The molecule has 6 nitrogen and oxygen atoms in total. The molecule has 0 bridgehead atoms. The minimum absolute atomic E-state index is 0.193. The van der Waals surface area contributed by atoms with Crippen LogP contribution in [-0.2, 0) is 22.4 Å². The SMILES string of the molecule is Cc1cccc(N2C(=O)NC(=O)[C@](CCc3ccccn3)(Cc3ccc(C(C)C)cc3)C2=O)c1. The number of imide groups is 2. The predicted molar refractivity (Wildman–Crippen MR) is 131 cm³/mol. The minimum atomic E-state index is -1.44. The van der Waals surface area contributed by atoms with E-state index in [4.69, 9.17) is 0 Å². The Labute approximate surface area is 200 Å². The van der Waals surface area contributed by atoms with Gasteiger partial charge < -0.3 is 0 Å². The van der Waals surface area contributed by atoms with Gasteiger partial charge in [-0.3, -0.25) is 19.9 Å². The van der Waals surface area contributed by atoms with Crippen LogP contribution in [0, 0.1) is 12.3 Å². The fourth-order valence-corrected chi connectivity index (χ4v) is 4.40. The van der Waals surface area contributed by atoms with E-state index >= 15 is 0 Å². The van der Waals surface area contributed by atoms with Crippen LogP contribution >= 0.6 is 0 Å². The van der Waals surface area contributed by atoms with E-state index in [1.54, 1.807) is 24.4 Å². The molecule has 1 fully saturated rings. The van der Waals surface area contributed by atoms with E-state index < -0.39 is 23.3 Å². The molecule has 1 N–H and O–H groups in total. The quantitative estimate of drug-likeness (QED) is 0.511. The molecule has 1 aromatic heterocycles. The van der Waals surface area contributed by atoms with Crippen LogP contribution in [0.4, 0.5) is 10.5 Å². The first-order chi connectivity index (χ1) is 16.3. The maximum Gasteiger partial charge on any atom is 0.335 e. The van der Waals surface area contributed by atoms with E-state index in [1.165, 1.54) is 5.56 Å². The number of pyridine rings is 1. The van der Waals surface area contributed by atoms with Crippen molar-refractivity contribution in [1.29, 1.82) is 0 Å². The van der Waals surface area contributed by atoms with E-state index in [0.29, 0.717) is 18.0 Å². The van der Waals surface area contributed by atoms with Gasteiger partial charge in [-0.1, -0.05) is 56.3 Å². The predicted octanol–water partition coefficient (Wildman–Crippen LogP) is 4.96. The van der Waals surface area contributed by atoms with Crippen molar-refractivity contribution in [2.75, 3.05) is 4.90 Å². The number of anilines is 1. The Hall–Kier alpha value is -3.80. The molecular weight excluding hydrogens is 426 g/mol. The molecule has 0 saturated carbocycles. The molecule has 0 unspecified atom stereocenters. The molecule has 2 heterocycles. The lowest BCUT2D eigenvalue weighted by atomic mass is 9.74. The second-order valence-electron chi connectivity index (χ2n) is 9.22. The van der Waals surface area contributed by atoms with Crippen LogP contribution in [0.25, 0.3) is 0 Å². The van der Waals surface area contributed by atoms with Crippen LogP contribution in [0.3, 0.4) is 0 Å². The van der Waals surface area contributed by atoms with E-state index in [-0.39, 0.29) is 12.8 Å². The summed E-state index contributed by atoms with van der Waals surface area (Å²) in [5, 5.41) is 2.46. The van der Waals surface area contributed by atoms with Gasteiger partial charge in [0.15, 0.2) is 0 Å². The summed E-state index contributed by atoms with van der Waals surface area (Å²) in [5.74, 6) is -0.688. The summed E-state index contributed by atoms with van der Waals surface area (Å²) < 4.78 is 0. The second kappa shape index (κ2) is 9.59. The summed E-state index contributed by atoms with van der Waals surface area (Å²) in [6.45, 7) is 6.13. The zero-order valence-electron chi connectivity index (χ0n) is 19.7. The number of hydrogen-bond donors (Lipinski definition) is 1. The van der Waals surface area contributed by atoms with Crippen LogP contribution in [0.1, 0.15) is 48.6 Å². The lowest BCUT2D eigenvalue weighted by Gasteiger charge is -2.39. The Balaban J connectivity index is 1.74.